The van der Waals surface area contributed by atoms with E-state index in [0.717, 1.165) is 23.2 Å². The Hall–Kier alpha value is -3.73. The standard InChI is InChI=1S/C23H22F3N5O3/c1-15(22(32)28-17-4-2-3-16(13-17)23(24,25)26)29-9-11-30(12-10-29)20-5-6-21(31(33)34)19-14-27-8-7-18(19)20/h2-8,13-15H,9-12H2,1H3,(H,28,32)/t15-/m1/s1. The fourth-order valence-electron chi connectivity index (χ4n) is 4.13. The highest BCUT2D eigenvalue weighted by molar-refractivity contribution is 5.99. The van der Waals surface area contributed by atoms with Gasteiger partial charge in [0.1, 0.15) is 0 Å². The van der Waals surface area contributed by atoms with Crippen LogP contribution in [0.3, 0.4) is 0 Å². The Labute approximate surface area is 193 Å². The number of hydrogen-bond donors (Lipinski definition) is 1. The maximum absolute atomic E-state index is 12.9. The topological polar surface area (TPSA) is 91.6 Å². The molecule has 2 heterocycles. The van der Waals surface area contributed by atoms with Crippen LogP contribution in [0.25, 0.3) is 10.8 Å². The summed E-state index contributed by atoms with van der Waals surface area (Å²) in [5, 5.41) is 15.1. The highest BCUT2D eigenvalue weighted by Gasteiger charge is 2.31. The monoisotopic (exact) mass is 473 g/mol. The lowest BCUT2D eigenvalue weighted by Crippen LogP contribution is -2.52. The second-order valence-corrected chi connectivity index (χ2v) is 8.05. The van der Waals surface area contributed by atoms with E-state index >= 15 is 0 Å². The predicted molar refractivity (Wildman–Crippen MR) is 122 cm³/mol. The average molecular weight is 473 g/mol. The van der Waals surface area contributed by atoms with Gasteiger partial charge >= 0.3 is 6.18 Å². The number of nitro benzene ring substituents is 1. The van der Waals surface area contributed by atoms with Crippen LogP contribution < -0.4 is 10.2 Å². The Kier molecular flexibility index (Phi) is 6.38. The molecule has 0 radical (unpaired) electrons. The summed E-state index contributed by atoms with van der Waals surface area (Å²) in [5.41, 5.74) is 0.113. The van der Waals surface area contributed by atoms with Crippen LogP contribution in [0.5, 0.6) is 0 Å². The quantitative estimate of drug-likeness (QED) is 0.439. The fraction of sp³-hybridized carbons (Fsp3) is 0.304. The predicted octanol–water partition coefficient (Wildman–Crippen LogP) is 4.31. The summed E-state index contributed by atoms with van der Waals surface area (Å²) in [6, 6.07) is 8.94. The van der Waals surface area contributed by atoms with Crippen molar-refractivity contribution >= 4 is 33.7 Å². The van der Waals surface area contributed by atoms with Gasteiger partial charge in [-0.25, -0.2) is 0 Å². The molecule has 1 N–H and O–H groups in total. The van der Waals surface area contributed by atoms with Crippen molar-refractivity contribution in [3.8, 4) is 0 Å². The highest BCUT2D eigenvalue weighted by atomic mass is 19.4. The first-order valence-corrected chi connectivity index (χ1v) is 10.6. The minimum Gasteiger partial charge on any atom is -0.368 e. The Bertz CT molecular complexity index is 1230. The summed E-state index contributed by atoms with van der Waals surface area (Å²) >= 11 is 0. The van der Waals surface area contributed by atoms with Gasteiger partial charge in [0.15, 0.2) is 0 Å². The van der Waals surface area contributed by atoms with E-state index in [9.17, 15) is 28.1 Å². The summed E-state index contributed by atoms with van der Waals surface area (Å²) in [6.07, 6.45) is -1.42. The zero-order chi connectivity index (χ0) is 24.5. The summed E-state index contributed by atoms with van der Waals surface area (Å²) in [4.78, 5) is 31.7. The number of carbonyl (C=O) groups is 1. The van der Waals surface area contributed by atoms with Gasteiger partial charge in [0, 0.05) is 61.4 Å². The molecule has 0 bridgehead atoms. The molecule has 4 rings (SSSR count). The molecule has 8 nitrogen and oxygen atoms in total. The van der Waals surface area contributed by atoms with E-state index in [1.54, 1.807) is 25.3 Å². The lowest BCUT2D eigenvalue weighted by Gasteiger charge is -2.38. The Morgan fingerprint density at radius 3 is 2.53 bits per heavy atom. The molecule has 1 fully saturated rings. The van der Waals surface area contributed by atoms with Crippen LogP contribution in [0.15, 0.2) is 54.9 Å². The fourth-order valence-corrected chi connectivity index (χ4v) is 4.13. The first kappa shape index (κ1) is 23.4. The minimum atomic E-state index is -4.49. The van der Waals surface area contributed by atoms with E-state index in [1.807, 2.05) is 4.90 Å². The van der Waals surface area contributed by atoms with E-state index in [2.05, 4.69) is 15.2 Å². The van der Waals surface area contributed by atoms with Crippen molar-refractivity contribution in [1.29, 1.82) is 0 Å². The Morgan fingerprint density at radius 2 is 1.85 bits per heavy atom. The summed E-state index contributed by atoms with van der Waals surface area (Å²) in [5.74, 6) is -0.389. The smallest absolute Gasteiger partial charge is 0.368 e. The lowest BCUT2D eigenvalue weighted by molar-refractivity contribution is -0.383. The van der Waals surface area contributed by atoms with Crippen LogP contribution >= 0.6 is 0 Å². The van der Waals surface area contributed by atoms with E-state index in [1.165, 1.54) is 24.4 Å². The second-order valence-electron chi connectivity index (χ2n) is 8.05. The number of amides is 1. The maximum atomic E-state index is 12.9. The number of anilines is 2. The van der Waals surface area contributed by atoms with Crippen LogP contribution in [0.2, 0.25) is 0 Å². The summed E-state index contributed by atoms with van der Waals surface area (Å²) in [6.45, 7) is 3.96. The SMILES string of the molecule is C[C@H](C(=O)Nc1cccc(C(F)(F)F)c1)N1CCN(c2ccc([N+](=O)[O-])c3cnccc23)CC1. The van der Waals surface area contributed by atoms with Gasteiger partial charge in [-0.3, -0.25) is 24.8 Å². The van der Waals surface area contributed by atoms with E-state index in [4.69, 9.17) is 0 Å². The number of alkyl halides is 3. The highest BCUT2D eigenvalue weighted by Crippen LogP contribution is 2.34. The van der Waals surface area contributed by atoms with Crippen molar-refractivity contribution in [2.45, 2.75) is 19.1 Å². The normalized spacial score (nSPS) is 15.8. The molecule has 1 aliphatic rings. The van der Waals surface area contributed by atoms with Crippen molar-refractivity contribution in [3.05, 3.63) is 70.5 Å². The van der Waals surface area contributed by atoms with Gasteiger partial charge in [0.25, 0.3) is 5.69 Å². The Balaban J connectivity index is 1.43. The largest absolute Gasteiger partial charge is 0.416 e. The average Bonchev–Trinajstić information content (AvgIpc) is 2.82. The Morgan fingerprint density at radius 1 is 1.12 bits per heavy atom. The molecule has 1 amide bonds. The number of halogens is 3. The molecule has 1 aromatic heterocycles. The molecule has 0 spiro atoms. The van der Waals surface area contributed by atoms with Crippen molar-refractivity contribution < 1.29 is 22.9 Å². The number of rotatable bonds is 5. The van der Waals surface area contributed by atoms with E-state index in [0.29, 0.717) is 31.6 Å². The molecule has 34 heavy (non-hydrogen) atoms. The third kappa shape index (κ3) is 4.79. The number of nitro groups is 1. The number of non-ortho nitro benzene ring substituents is 1. The number of pyridine rings is 1. The molecule has 178 valence electrons. The number of benzene rings is 2. The van der Waals surface area contributed by atoms with Crippen molar-refractivity contribution in [3.63, 3.8) is 0 Å². The number of aromatic nitrogens is 1. The first-order chi connectivity index (χ1) is 16.1. The van der Waals surface area contributed by atoms with E-state index < -0.39 is 22.7 Å². The molecule has 11 heteroatoms. The number of hydrogen-bond acceptors (Lipinski definition) is 6. The van der Waals surface area contributed by atoms with Crippen LogP contribution in [0.1, 0.15) is 12.5 Å². The molecule has 2 aromatic carbocycles. The van der Waals surface area contributed by atoms with Crippen LogP contribution in [-0.2, 0) is 11.0 Å². The minimum absolute atomic E-state index is 0.00892. The number of fused-ring (bicyclic) bond motifs is 1. The van der Waals surface area contributed by atoms with Gasteiger partial charge in [0.2, 0.25) is 5.91 Å². The molecule has 0 saturated carbocycles. The van der Waals surface area contributed by atoms with Gasteiger partial charge in [-0.2, -0.15) is 13.2 Å². The van der Waals surface area contributed by atoms with Gasteiger partial charge in [-0.05, 0) is 37.3 Å². The molecule has 3 aromatic rings. The first-order valence-electron chi connectivity index (χ1n) is 10.6. The third-order valence-corrected chi connectivity index (χ3v) is 6.01. The molecule has 0 aliphatic carbocycles. The number of nitrogens with zero attached hydrogens (tertiary/aromatic N) is 4. The van der Waals surface area contributed by atoms with Crippen molar-refractivity contribution in [2.24, 2.45) is 0 Å². The van der Waals surface area contributed by atoms with Crippen molar-refractivity contribution in [2.75, 3.05) is 36.4 Å². The van der Waals surface area contributed by atoms with Crippen LogP contribution in [0, 0.1) is 10.1 Å². The molecule has 1 aliphatic heterocycles. The van der Waals surface area contributed by atoms with Gasteiger partial charge in [-0.1, -0.05) is 6.07 Å². The van der Waals surface area contributed by atoms with E-state index in [-0.39, 0.29) is 17.3 Å². The zero-order valence-electron chi connectivity index (χ0n) is 18.2. The molecular weight excluding hydrogens is 451 g/mol. The number of carbonyl (C=O) groups excluding carboxylic acids is 1. The second kappa shape index (κ2) is 9.26. The summed E-state index contributed by atoms with van der Waals surface area (Å²) < 4.78 is 38.8. The molecule has 1 atom stereocenters. The zero-order valence-corrected chi connectivity index (χ0v) is 18.2. The maximum Gasteiger partial charge on any atom is 0.416 e. The van der Waals surface area contributed by atoms with Gasteiger partial charge in [-0.15, -0.1) is 0 Å². The number of nitrogens with one attached hydrogen (secondary N) is 1. The third-order valence-electron chi connectivity index (χ3n) is 6.01. The van der Waals surface area contributed by atoms with Gasteiger partial charge in [0.05, 0.1) is 21.9 Å². The van der Waals surface area contributed by atoms with Crippen LogP contribution in [0.4, 0.5) is 30.2 Å². The molecule has 0 unspecified atom stereocenters. The molecular formula is C23H22F3N5O3. The van der Waals surface area contributed by atoms with Crippen molar-refractivity contribution in [1.82, 2.24) is 9.88 Å². The number of piperazine rings is 1. The van der Waals surface area contributed by atoms with Gasteiger partial charge < -0.3 is 10.2 Å². The lowest BCUT2D eigenvalue weighted by atomic mass is 10.1. The summed E-state index contributed by atoms with van der Waals surface area (Å²) in [7, 11) is 0. The van der Waals surface area contributed by atoms with Crippen LogP contribution in [-0.4, -0.2) is 52.9 Å². The molecule has 1 saturated heterocycles.